The summed E-state index contributed by atoms with van der Waals surface area (Å²) in [6, 6.07) is 12.6. The molecule has 0 bridgehead atoms. The largest absolute Gasteiger partial charge is 0.349 e. The molecule has 9 heteroatoms. The fourth-order valence-corrected chi connectivity index (χ4v) is 4.58. The maximum Gasteiger partial charge on any atom is 0.277 e. The molecule has 0 fully saturated rings. The number of carbonyl (C=O) groups is 3. The van der Waals surface area contributed by atoms with Gasteiger partial charge in [-0.25, -0.2) is 0 Å². The standard InChI is InChI=1S/C24H27N5O3S/c1-15(30)25-16-8-10-17(11-9-16)29-21(31)19-13-18(20-7-6-12-33-20)27-28(19)14-24(29,5)22(32)26-23(2,3)4/h6-13H,14H2,1-5H3,(H,25,30)(H,26,32)/t24-/m0/s1. The van der Waals surface area contributed by atoms with Gasteiger partial charge in [-0.3, -0.25) is 24.0 Å². The summed E-state index contributed by atoms with van der Waals surface area (Å²) in [6.07, 6.45) is 0. The molecule has 2 aromatic heterocycles. The molecule has 8 nitrogen and oxygen atoms in total. The normalized spacial score (nSPS) is 18.1. The fourth-order valence-electron chi connectivity index (χ4n) is 3.90. The lowest BCUT2D eigenvalue weighted by Crippen LogP contribution is -2.66. The van der Waals surface area contributed by atoms with Crippen molar-refractivity contribution in [3.05, 3.63) is 53.5 Å². The van der Waals surface area contributed by atoms with E-state index in [0.29, 0.717) is 22.8 Å². The van der Waals surface area contributed by atoms with E-state index < -0.39 is 11.1 Å². The van der Waals surface area contributed by atoms with E-state index in [1.807, 2.05) is 38.3 Å². The summed E-state index contributed by atoms with van der Waals surface area (Å²) in [7, 11) is 0. The van der Waals surface area contributed by atoms with Gasteiger partial charge in [0, 0.05) is 23.8 Å². The number of anilines is 2. The van der Waals surface area contributed by atoms with E-state index in [0.717, 1.165) is 4.88 Å². The molecule has 3 amide bonds. The van der Waals surface area contributed by atoms with Gasteiger partial charge in [0.1, 0.15) is 16.9 Å². The second-order valence-electron chi connectivity index (χ2n) is 9.40. The first kappa shape index (κ1) is 22.7. The van der Waals surface area contributed by atoms with Crippen LogP contribution in [0.15, 0.2) is 47.8 Å². The molecular weight excluding hydrogens is 438 g/mol. The number of amides is 3. The van der Waals surface area contributed by atoms with Crippen molar-refractivity contribution < 1.29 is 14.4 Å². The topological polar surface area (TPSA) is 96.3 Å². The molecule has 1 aliphatic rings. The first-order valence-electron chi connectivity index (χ1n) is 10.6. The maximum atomic E-state index is 13.8. The van der Waals surface area contributed by atoms with Crippen LogP contribution in [0.4, 0.5) is 11.4 Å². The van der Waals surface area contributed by atoms with Crippen LogP contribution >= 0.6 is 11.3 Å². The molecule has 1 aromatic carbocycles. The summed E-state index contributed by atoms with van der Waals surface area (Å²) in [4.78, 5) is 41.1. The highest BCUT2D eigenvalue weighted by Gasteiger charge is 2.49. The van der Waals surface area contributed by atoms with Crippen LogP contribution in [0, 0.1) is 0 Å². The Bertz CT molecular complexity index is 1210. The highest BCUT2D eigenvalue weighted by Crippen LogP contribution is 2.35. The van der Waals surface area contributed by atoms with E-state index in [2.05, 4.69) is 15.7 Å². The number of fused-ring (bicyclic) bond motifs is 1. The highest BCUT2D eigenvalue weighted by atomic mass is 32.1. The Morgan fingerprint density at radius 1 is 1.15 bits per heavy atom. The number of aromatic nitrogens is 2. The molecule has 1 aliphatic heterocycles. The van der Waals surface area contributed by atoms with Crippen LogP contribution in [0.1, 0.15) is 45.1 Å². The molecule has 172 valence electrons. The number of hydrogen-bond acceptors (Lipinski definition) is 5. The van der Waals surface area contributed by atoms with Crippen molar-refractivity contribution in [1.29, 1.82) is 0 Å². The van der Waals surface area contributed by atoms with Gasteiger partial charge < -0.3 is 10.6 Å². The summed E-state index contributed by atoms with van der Waals surface area (Å²) >= 11 is 1.54. The van der Waals surface area contributed by atoms with Crippen LogP contribution in [-0.2, 0) is 16.1 Å². The van der Waals surface area contributed by atoms with Gasteiger partial charge in [0.2, 0.25) is 11.8 Å². The minimum Gasteiger partial charge on any atom is -0.349 e. The quantitative estimate of drug-likeness (QED) is 0.611. The molecule has 0 aliphatic carbocycles. The lowest BCUT2D eigenvalue weighted by atomic mass is 9.92. The number of carbonyl (C=O) groups excluding carboxylic acids is 3. The zero-order chi connectivity index (χ0) is 24.0. The Morgan fingerprint density at radius 2 is 1.85 bits per heavy atom. The number of nitrogens with one attached hydrogen (secondary N) is 2. The first-order chi connectivity index (χ1) is 15.5. The molecule has 0 unspecified atom stereocenters. The van der Waals surface area contributed by atoms with E-state index >= 15 is 0 Å². The number of nitrogens with zero attached hydrogens (tertiary/aromatic N) is 3. The van der Waals surface area contributed by atoms with E-state index in [1.54, 1.807) is 53.3 Å². The van der Waals surface area contributed by atoms with E-state index in [-0.39, 0.29) is 24.3 Å². The van der Waals surface area contributed by atoms with E-state index in [9.17, 15) is 14.4 Å². The number of hydrogen-bond donors (Lipinski definition) is 2. The Labute approximate surface area is 196 Å². The van der Waals surface area contributed by atoms with Gasteiger partial charge in [-0.15, -0.1) is 11.3 Å². The van der Waals surface area contributed by atoms with Gasteiger partial charge in [0.15, 0.2) is 0 Å². The number of thiophene rings is 1. The smallest absolute Gasteiger partial charge is 0.277 e. The lowest BCUT2D eigenvalue weighted by Gasteiger charge is -2.44. The molecule has 3 aromatic rings. The monoisotopic (exact) mass is 465 g/mol. The van der Waals surface area contributed by atoms with Crippen LogP contribution in [0.5, 0.6) is 0 Å². The average molecular weight is 466 g/mol. The zero-order valence-corrected chi connectivity index (χ0v) is 20.1. The lowest BCUT2D eigenvalue weighted by molar-refractivity contribution is -0.128. The fraction of sp³-hybridized carbons (Fsp3) is 0.333. The van der Waals surface area contributed by atoms with Crippen LogP contribution in [-0.4, -0.2) is 38.6 Å². The molecule has 2 N–H and O–H groups in total. The molecule has 3 heterocycles. The van der Waals surface area contributed by atoms with Crippen LogP contribution in [0.2, 0.25) is 0 Å². The maximum absolute atomic E-state index is 13.8. The van der Waals surface area contributed by atoms with Crippen molar-refractivity contribution in [2.24, 2.45) is 0 Å². The van der Waals surface area contributed by atoms with Crippen molar-refractivity contribution in [1.82, 2.24) is 15.1 Å². The van der Waals surface area contributed by atoms with Crippen molar-refractivity contribution in [3.63, 3.8) is 0 Å². The van der Waals surface area contributed by atoms with Gasteiger partial charge in [0.25, 0.3) is 5.91 Å². The SMILES string of the molecule is CC(=O)Nc1ccc(N2C(=O)c3cc(-c4cccs4)nn3C[C@@]2(C)C(=O)NC(C)(C)C)cc1. The van der Waals surface area contributed by atoms with Gasteiger partial charge in [-0.2, -0.15) is 5.10 Å². The average Bonchev–Trinajstić information content (AvgIpc) is 3.37. The Hall–Kier alpha value is -3.46. The molecule has 0 saturated heterocycles. The highest BCUT2D eigenvalue weighted by molar-refractivity contribution is 7.13. The zero-order valence-electron chi connectivity index (χ0n) is 19.3. The van der Waals surface area contributed by atoms with Crippen molar-refractivity contribution in [2.75, 3.05) is 10.2 Å². The predicted molar refractivity (Wildman–Crippen MR) is 129 cm³/mol. The molecule has 0 radical (unpaired) electrons. The third kappa shape index (κ3) is 4.41. The number of benzene rings is 1. The third-order valence-electron chi connectivity index (χ3n) is 5.35. The molecule has 0 saturated carbocycles. The van der Waals surface area contributed by atoms with E-state index in [4.69, 9.17) is 0 Å². The van der Waals surface area contributed by atoms with Crippen LogP contribution < -0.4 is 15.5 Å². The molecule has 0 spiro atoms. The summed E-state index contributed by atoms with van der Waals surface area (Å²) in [5.41, 5.74) is 0.606. The van der Waals surface area contributed by atoms with Crippen molar-refractivity contribution >= 4 is 40.4 Å². The van der Waals surface area contributed by atoms with Crippen LogP contribution in [0.3, 0.4) is 0 Å². The third-order valence-corrected chi connectivity index (χ3v) is 6.24. The second-order valence-corrected chi connectivity index (χ2v) is 10.3. The van der Waals surface area contributed by atoms with Gasteiger partial charge in [-0.1, -0.05) is 6.07 Å². The molecular formula is C24H27N5O3S. The van der Waals surface area contributed by atoms with Crippen molar-refractivity contribution in [3.8, 4) is 10.6 Å². The molecule has 1 atom stereocenters. The van der Waals surface area contributed by atoms with E-state index in [1.165, 1.54) is 11.8 Å². The van der Waals surface area contributed by atoms with Gasteiger partial charge in [-0.05, 0) is 69.5 Å². The van der Waals surface area contributed by atoms with Crippen molar-refractivity contribution in [2.45, 2.75) is 52.2 Å². The van der Waals surface area contributed by atoms with Gasteiger partial charge in [0.05, 0.1) is 11.4 Å². The second kappa shape index (κ2) is 8.15. The molecule has 33 heavy (non-hydrogen) atoms. The summed E-state index contributed by atoms with van der Waals surface area (Å²) < 4.78 is 1.63. The Kier molecular flexibility index (Phi) is 5.61. The first-order valence-corrected chi connectivity index (χ1v) is 11.5. The summed E-state index contributed by atoms with van der Waals surface area (Å²) in [6.45, 7) is 9.10. The Morgan fingerprint density at radius 3 is 2.42 bits per heavy atom. The summed E-state index contributed by atoms with van der Waals surface area (Å²) in [5.74, 6) is -0.764. The minimum absolute atomic E-state index is 0.184. The van der Waals surface area contributed by atoms with Gasteiger partial charge >= 0.3 is 0 Å². The molecule has 4 rings (SSSR count). The summed E-state index contributed by atoms with van der Waals surface area (Å²) in [5, 5.41) is 12.3. The Balaban J connectivity index is 1.79. The predicted octanol–water partition coefficient (Wildman–Crippen LogP) is 3.90. The van der Waals surface area contributed by atoms with Crippen LogP contribution in [0.25, 0.3) is 10.6 Å². The minimum atomic E-state index is -1.22. The number of rotatable bonds is 4.